The van der Waals surface area contributed by atoms with Crippen LogP contribution < -0.4 is 0 Å². The molecule has 2 aromatic heterocycles. The third kappa shape index (κ3) is 3.82. The molecule has 0 N–H and O–H groups in total. The number of aryl methyl sites for hydroxylation is 2. The van der Waals surface area contributed by atoms with Crippen LogP contribution in [0.5, 0.6) is 0 Å². The Morgan fingerprint density at radius 1 is 1.17 bits per heavy atom. The van der Waals surface area contributed by atoms with Gasteiger partial charge in [-0.2, -0.15) is 5.10 Å². The second kappa shape index (κ2) is 8.11. The van der Waals surface area contributed by atoms with Crippen LogP contribution in [0, 0.1) is 13.8 Å². The average Bonchev–Trinajstić information content (AvgIpc) is 3.01. The van der Waals surface area contributed by atoms with E-state index in [1.165, 1.54) is 0 Å². The summed E-state index contributed by atoms with van der Waals surface area (Å²) in [5.74, 6) is -0.118. The Hall–Kier alpha value is -1.86. The van der Waals surface area contributed by atoms with Gasteiger partial charge in [0.2, 0.25) is 0 Å². The van der Waals surface area contributed by atoms with Crippen LogP contribution in [0.15, 0.2) is 18.2 Å². The first-order chi connectivity index (χ1) is 13.9. The molecular formula is C20H19Cl3N4O2. The van der Waals surface area contributed by atoms with Gasteiger partial charge in [0, 0.05) is 24.5 Å². The molecule has 1 saturated heterocycles. The van der Waals surface area contributed by atoms with E-state index >= 15 is 0 Å². The van der Waals surface area contributed by atoms with Crippen molar-refractivity contribution in [1.82, 2.24) is 19.5 Å². The van der Waals surface area contributed by atoms with E-state index < -0.39 is 0 Å². The molecule has 0 bridgehead atoms. The number of hydrogen-bond donors (Lipinski definition) is 0. The van der Waals surface area contributed by atoms with Crippen LogP contribution in [-0.4, -0.2) is 51.7 Å². The summed E-state index contributed by atoms with van der Waals surface area (Å²) in [7, 11) is 0. The lowest BCUT2D eigenvalue weighted by Crippen LogP contribution is -2.40. The standard InChI is InChI=1S/C20H19Cl3N4O2/c1-11-9-17(22)25-27-12(2)16(24-19(11)27)10-14-15(21)4-3-13(18(14)23)20(28)26-5-7-29-8-6-26/h3-4,9H,5-8,10H2,1-2H3. The molecule has 6 nitrogen and oxygen atoms in total. The van der Waals surface area contributed by atoms with Crippen molar-refractivity contribution in [3.8, 4) is 0 Å². The molecule has 1 aliphatic rings. The van der Waals surface area contributed by atoms with Gasteiger partial charge in [-0.25, -0.2) is 9.50 Å². The summed E-state index contributed by atoms with van der Waals surface area (Å²) >= 11 is 19.2. The number of morpholine rings is 1. The number of carbonyl (C=O) groups excluding carboxylic acids is 1. The summed E-state index contributed by atoms with van der Waals surface area (Å²) < 4.78 is 7.04. The Balaban J connectivity index is 1.72. The van der Waals surface area contributed by atoms with Crippen molar-refractivity contribution >= 4 is 46.4 Å². The van der Waals surface area contributed by atoms with Crippen LogP contribution in [0.2, 0.25) is 15.2 Å². The van der Waals surface area contributed by atoms with Crippen LogP contribution in [0.4, 0.5) is 0 Å². The lowest BCUT2D eigenvalue weighted by atomic mass is 10.0. The first kappa shape index (κ1) is 20.4. The van der Waals surface area contributed by atoms with Crippen molar-refractivity contribution in [2.24, 2.45) is 0 Å². The van der Waals surface area contributed by atoms with Crippen molar-refractivity contribution in [2.45, 2.75) is 20.3 Å². The molecule has 1 aliphatic heterocycles. The summed E-state index contributed by atoms with van der Waals surface area (Å²) in [6.07, 6.45) is 0.383. The highest BCUT2D eigenvalue weighted by Crippen LogP contribution is 2.32. The number of amides is 1. The fourth-order valence-corrected chi connectivity index (χ4v) is 4.30. The van der Waals surface area contributed by atoms with Gasteiger partial charge < -0.3 is 9.64 Å². The number of ether oxygens (including phenoxy) is 1. The number of carbonyl (C=O) groups is 1. The molecule has 0 spiro atoms. The van der Waals surface area contributed by atoms with Crippen molar-refractivity contribution < 1.29 is 9.53 Å². The predicted molar refractivity (Wildman–Crippen MR) is 113 cm³/mol. The van der Waals surface area contributed by atoms with Gasteiger partial charge in [0.15, 0.2) is 5.65 Å². The molecule has 0 radical (unpaired) electrons. The molecule has 29 heavy (non-hydrogen) atoms. The Morgan fingerprint density at radius 3 is 2.62 bits per heavy atom. The van der Waals surface area contributed by atoms with E-state index in [9.17, 15) is 4.79 Å². The van der Waals surface area contributed by atoms with Crippen molar-refractivity contribution in [3.05, 3.63) is 61.5 Å². The summed E-state index contributed by atoms with van der Waals surface area (Å²) in [6, 6.07) is 5.16. The topological polar surface area (TPSA) is 59.7 Å². The summed E-state index contributed by atoms with van der Waals surface area (Å²) in [5, 5.41) is 5.58. The fraction of sp³-hybridized carbons (Fsp3) is 0.350. The summed E-state index contributed by atoms with van der Waals surface area (Å²) in [5.41, 5.74) is 4.39. The summed E-state index contributed by atoms with van der Waals surface area (Å²) in [6.45, 7) is 6.00. The van der Waals surface area contributed by atoms with Gasteiger partial charge in [-0.15, -0.1) is 0 Å². The highest BCUT2D eigenvalue weighted by molar-refractivity contribution is 6.38. The molecule has 0 atom stereocenters. The third-order valence-corrected chi connectivity index (χ3v) is 6.09. The molecule has 1 amide bonds. The second-order valence-electron chi connectivity index (χ2n) is 7.00. The Bertz CT molecular complexity index is 1110. The number of aromatic nitrogens is 3. The molecule has 4 rings (SSSR count). The minimum atomic E-state index is -0.118. The van der Waals surface area contributed by atoms with Crippen molar-refractivity contribution in [1.29, 1.82) is 0 Å². The second-order valence-corrected chi connectivity index (χ2v) is 8.17. The molecule has 0 unspecified atom stereocenters. The van der Waals surface area contributed by atoms with Gasteiger partial charge in [-0.1, -0.05) is 34.8 Å². The molecule has 1 aromatic carbocycles. The molecule has 1 fully saturated rings. The first-order valence-electron chi connectivity index (χ1n) is 9.22. The summed E-state index contributed by atoms with van der Waals surface area (Å²) in [4.78, 5) is 19.4. The highest BCUT2D eigenvalue weighted by Gasteiger charge is 2.24. The van der Waals surface area contributed by atoms with Gasteiger partial charge in [0.05, 0.1) is 35.2 Å². The van der Waals surface area contributed by atoms with Gasteiger partial charge in [-0.3, -0.25) is 4.79 Å². The Kier molecular flexibility index (Phi) is 5.71. The van der Waals surface area contributed by atoms with E-state index in [0.29, 0.717) is 59.0 Å². The number of halogens is 3. The molecule has 152 valence electrons. The largest absolute Gasteiger partial charge is 0.378 e. The molecular weight excluding hydrogens is 435 g/mol. The maximum absolute atomic E-state index is 12.9. The van der Waals surface area contributed by atoms with Gasteiger partial charge >= 0.3 is 0 Å². The monoisotopic (exact) mass is 452 g/mol. The number of rotatable bonds is 3. The zero-order valence-electron chi connectivity index (χ0n) is 16.0. The SMILES string of the molecule is Cc1cc(Cl)nn2c(C)c(Cc3c(Cl)ccc(C(=O)N4CCOCC4)c3Cl)nc12. The van der Waals surface area contributed by atoms with E-state index in [4.69, 9.17) is 44.5 Å². The maximum Gasteiger partial charge on any atom is 0.255 e. The quantitative estimate of drug-likeness (QED) is 0.591. The minimum Gasteiger partial charge on any atom is -0.378 e. The lowest BCUT2D eigenvalue weighted by molar-refractivity contribution is 0.0303. The van der Waals surface area contributed by atoms with Crippen LogP contribution in [0.1, 0.15) is 32.9 Å². The average molecular weight is 454 g/mol. The molecule has 0 aliphatic carbocycles. The molecule has 3 heterocycles. The van der Waals surface area contributed by atoms with Crippen molar-refractivity contribution in [2.75, 3.05) is 26.3 Å². The van der Waals surface area contributed by atoms with E-state index in [-0.39, 0.29) is 5.91 Å². The number of hydrogen-bond acceptors (Lipinski definition) is 4. The third-order valence-electron chi connectivity index (χ3n) is 5.12. The highest BCUT2D eigenvalue weighted by atomic mass is 35.5. The molecule has 0 saturated carbocycles. The van der Waals surface area contributed by atoms with Gasteiger partial charge in [0.25, 0.3) is 5.91 Å². The molecule has 9 heteroatoms. The van der Waals surface area contributed by atoms with Crippen LogP contribution in [0.25, 0.3) is 5.65 Å². The van der Waals surface area contributed by atoms with Crippen LogP contribution in [-0.2, 0) is 11.2 Å². The normalized spacial score (nSPS) is 14.6. The number of nitrogens with zero attached hydrogens (tertiary/aromatic N) is 4. The first-order valence-corrected chi connectivity index (χ1v) is 10.4. The Labute approximate surface area is 183 Å². The van der Waals surface area contributed by atoms with Gasteiger partial charge in [-0.05, 0) is 43.2 Å². The van der Waals surface area contributed by atoms with E-state index in [1.807, 2.05) is 13.8 Å². The van der Waals surface area contributed by atoms with Crippen molar-refractivity contribution in [3.63, 3.8) is 0 Å². The number of fused-ring (bicyclic) bond motifs is 1. The molecule has 3 aromatic rings. The van der Waals surface area contributed by atoms with E-state index in [2.05, 4.69) is 5.10 Å². The fourth-order valence-electron chi connectivity index (χ4n) is 3.48. The van der Waals surface area contributed by atoms with Gasteiger partial charge in [0.1, 0.15) is 5.15 Å². The minimum absolute atomic E-state index is 0.118. The number of imidazole rings is 1. The lowest BCUT2D eigenvalue weighted by Gasteiger charge is -2.27. The number of benzene rings is 1. The predicted octanol–water partition coefficient (Wildman–Crippen LogP) is 4.37. The Morgan fingerprint density at radius 2 is 1.90 bits per heavy atom. The van der Waals surface area contributed by atoms with E-state index in [0.717, 1.165) is 22.6 Å². The van der Waals surface area contributed by atoms with Crippen LogP contribution in [0.3, 0.4) is 0 Å². The zero-order chi connectivity index (χ0) is 20.7. The zero-order valence-corrected chi connectivity index (χ0v) is 18.3. The van der Waals surface area contributed by atoms with E-state index in [1.54, 1.807) is 27.6 Å². The maximum atomic E-state index is 12.9. The smallest absolute Gasteiger partial charge is 0.255 e. The van der Waals surface area contributed by atoms with Crippen LogP contribution >= 0.6 is 34.8 Å².